The minimum absolute atomic E-state index is 0.526. The number of hydrogen-bond acceptors (Lipinski definition) is 2. The van der Waals surface area contributed by atoms with Gasteiger partial charge in [0.1, 0.15) is 0 Å². The van der Waals surface area contributed by atoms with Crippen LogP contribution in [0.15, 0.2) is 30.8 Å². The second-order valence-electron chi connectivity index (χ2n) is 5.12. The van der Waals surface area contributed by atoms with E-state index in [1.165, 1.54) is 11.8 Å². The Morgan fingerprint density at radius 1 is 1.26 bits per heavy atom. The van der Waals surface area contributed by atoms with Gasteiger partial charge in [0, 0.05) is 5.71 Å². The molecule has 2 nitrogen and oxygen atoms in total. The van der Waals surface area contributed by atoms with Crippen LogP contribution < -0.4 is 0 Å². The summed E-state index contributed by atoms with van der Waals surface area (Å²) in [5.41, 5.74) is 3.24. The molecular weight excluding hydrogens is 232 g/mol. The van der Waals surface area contributed by atoms with E-state index in [1.807, 2.05) is 13.0 Å². The third-order valence-corrected chi connectivity index (χ3v) is 3.37. The lowest BCUT2D eigenvalue weighted by Crippen LogP contribution is -2.07. The molecule has 0 aliphatic rings. The molecule has 2 N–H and O–H groups in total. The van der Waals surface area contributed by atoms with Gasteiger partial charge in [-0.05, 0) is 62.3 Å². The number of aryl methyl sites for hydroxylation is 1. The highest BCUT2D eigenvalue weighted by Gasteiger charge is 2.09. The van der Waals surface area contributed by atoms with E-state index in [0.29, 0.717) is 5.92 Å². The summed E-state index contributed by atoms with van der Waals surface area (Å²) in [6.45, 7) is 5.63. The number of benzene rings is 1. The van der Waals surface area contributed by atoms with E-state index in [1.54, 1.807) is 0 Å². The molecule has 0 radical (unpaired) electrons. The van der Waals surface area contributed by atoms with Gasteiger partial charge in [0.2, 0.25) is 0 Å². The SMILES string of the molecule is C=Cc1ccc(CCC(CCC=N)CC(C)=N)cc1. The zero-order valence-corrected chi connectivity index (χ0v) is 11.8. The van der Waals surface area contributed by atoms with Crippen molar-refractivity contribution in [1.29, 1.82) is 10.8 Å². The van der Waals surface area contributed by atoms with Gasteiger partial charge in [-0.15, -0.1) is 0 Å². The molecular formula is C17H24N2. The summed E-state index contributed by atoms with van der Waals surface area (Å²) in [4.78, 5) is 0. The first-order chi connectivity index (χ1) is 9.15. The first-order valence-corrected chi connectivity index (χ1v) is 6.90. The van der Waals surface area contributed by atoms with Gasteiger partial charge >= 0.3 is 0 Å². The summed E-state index contributed by atoms with van der Waals surface area (Å²) >= 11 is 0. The minimum Gasteiger partial charge on any atom is -0.313 e. The van der Waals surface area contributed by atoms with Gasteiger partial charge in [-0.1, -0.05) is 36.9 Å². The van der Waals surface area contributed by atoms with E-state index in [9.17, 15) is 0 Å². The van der Waals surface area contributed by atoms with E-state index in [4.69, 9.17) is 10.8 Å². The van der Waals surface area contributed by atoms with Crippen molar-refractivity contribution in [2.24, 2.45) is 5.92 Å². The Labute approximate surface area is 116 Å². The maximum Gasteiger partial charge on any atom is 0.00609 e. The van der Waals surface area contributed by atoms with Crippen molar-refractivity contribution in [3.63, 3.8) is 0 Å². The molecule has 19 heavy (non-hydrogen) atoms. The van der Waals surface area contributed by atoms with Gasteiger partial charge in [-0.3, -0.25) is 0 Å². The average Bonchev–Trinajstić information content (AvgIpc) is 2.42. The Bertz CT molecular complexity index is 417. The molecule has 0 heterocycles. The first kappa shape index (κ1) is 15.4. The molecule has 0 aromatic heterocycles. The van der Waals surface area contributed by atoms with Crippen molar-refractivity contribution >= 4 is 18.0 Å². The summed E-state index contributed by atoms with van der Waals surface area (Å²) in [6.07, 6.45) is 8.18. The molecule has 1 aromatic rings. The first-order valence-electron chi connectivity index (χ1n) is 6.90. The van der Waals surface area contributed by atoms with Crippen molar-refractivity contribution in [2.75, 3.05) is 0 Å². The largest absolute Gasteiger partial charge is 0.313 e. The van der Waals surface area contributed by atoms with Crippen molar-refractivity contribution in [3.8, 4) is 0 Å². The highest BCUT2D eigenvalue weighted by molar-refractivity contribution is 5.78. The summed E-state index contributed by atoms with van der Waals surface area (Å²) < 4.78 is 0. The molecule has 102 valence electrons. The summed E-state index contributed by atoms with van der Waals surface area (Å²) in [5.74, 6) is 0.526. The molecule has 0 aliphatic heterocycles. The third kappa shape index (κ3) is 6.14. The molecule has 1 unspecified atom stereocenters. The Morgan fingerprint density at radius 2 is 1.95 bits per heavy atom. The lowest BCUT2D eigenvalue weighted by Gasteiger charge is -2.15. The molecule has 0 amide bonds. The molecule has 1 rings (SSSR count). The van der Waals surface area contributed by atoms with Gasteiger partial charge in [0.05, 0.1) is 0 Å². The van der Waals surface area contributed by atoms with E-state index >= 15 is 0 Å². The molecule has 0 saturated carbocycles. The van der Waals surface area contributed by atoms with Crippen LogP contribution in [0.5, 0.6) is 0 Å². The topological polar surface area (TPSA) is 47.7 Å². The van der Waals surface area contributed by atoms with Gasteiger partial charge in [-0.2, -0.15) is 0 Å². The third-order valence-electron chi connectivity index (χ3n) is 3.37. The fraction of sp³-hybridized carbons (Fsp3) is 0.412. The summed E-state index contributed by atoms with van der Waals surface area (Å²) in [6, 6.07) is 8.50. The van der Waals surface area contributed by atoms with Crippen LogP contribution in [0.1, 0.15) is 43.7 Å². The van der Waals surface area contributed by atoms with Gasteiger partial charge in [0.25, 0.3) is 0 Å². The Hall–Kier alpha value is -1.70. The van der Waals surface area contributed by atoms with Gasteiger partial charge in [-0.25, -0.2) is 0 Å². The predicted octanol–water partition coefficient (Wildman–Crippen LogP) is 4.74. The smallest absolute Gasteiger partial charge is 0.00609 e. The molecule has 0 bridgehead atoms. The van der Waals surface area contributed by atoms with Gasteiger partial charge in [0.15, 0.2) is 0 Å². The van der Waals surface area contributed by atoms with E-state index in [-0.39, 0.29) is 0 Å². The van der Waals surface area contributed by atoms with Crippen molar-refractivity contribution in [3.05, 3.63) is 42.0 Å². The highest BCUT2D eigenvalue weighted by Crippen LogP contribution is 2.19. The van der Waals surface area contributed by atoms with Crippen LogP contribution in [0.2, 0.25) is 0 Å². The quantitative estimate of drug-likeness (QED) is 0.600. The molecule has 0 spiro atoms. The second kappa shape index (κ2) is 8.41. The van der Waals surface area contributed by atoms with Crippen LogP contribution >= 0.6 is 0 Å². The van der Waals surface area contributed by atoms with Crippen LogP contribution in [0.4, 0.5) is 0 Å². The van der Waals surface area contributed by atoms with Crippen molar-refractivity contribution < 1.29 is 0 Å². The van der Waals surface area contributed by atoms with Crippen LogP contribution in [0.3, 0.4) is 0 Å². The molecule has 1 aromatic carbocycles. The van der Waals surface area contributed by atoms with Gasteiger partial charge < -0.3 is 10.8 Å². The average molecular weight is 256 g/mol. The highest BCUT2D eigenvalue weighted by atomic mass is 14.4. The maximum absolute atomic E-state index is 7.63. The van der Waals surface area contributed by atoms with Crippen LogP contribution in [0.25, 0.3) is 6.08 Å². The molecule has 2 heteroatoms. The van der Waals surface area contributed by atoms with E-state index in [2.05, 4.69) is 30.8 Å². The second-order valence-corrected chi connectivity index (χ2v) is 5.12. The lowest BCUT2D eigenvalue weighted by molar-refractivity contribution is 0.475. The summed E-state index contributed by atoms with van der Waals surface area (Å²) in [7, 11) is 0. The fourth-order valence-electron chi connectivity index (χ4n) is 2.29. The summed E-state index contributed by atoms with van der Waals surface area (Å²) in [5, 5.41) is 14.8. The van der Waals surface area contributed by atoms with E-state index < -0.39 is 0 Å². The Kier molecular flexibility index (Phi) is 6.80. The minimum atomic E-state index is 0.526. The van der Waals surface area contributed by atoms with Crippen molar-refractivity contribution in [1.82, 2.24) is 0 Å². The zero-order chi connectivity index (χ0) is 14.1. The fourth-order valence-corrected chi connectivity index (χ4v) is 2.29. The van der Waals surface area contributed by atoms with Crippen molar-refractivity contribution in [2.45, 2.75) is 39.0 Å². The molecule has 1 atom stereocenters. The lowest BCUT2D eigenvalue weighted by atomic mass is 9.90. The number of nitrogens with one attached hydrogen (secondary N) is 2. The molecule has 0 saturated heterocycles. The van der Waals surface area contributed by atoms with Crippen LogP contribution in [0, 0.1) is 16.7 Å². The Balaban J connectivity index is 2.50. The Morgan fingerprint density at radius 3 is 2.47 bits per heavy atom. The van der Waals surface area contributed by atoms with Crippen LogP contribution in [-0.4, -0.2) is 11.9 Å². The number of rotatable bonds is 9. The molecule has 0 aliphatic carbocycles. The van der Waals surface area contributed by atoms with Crippen LogP contribution in [-0.2, 0) is 6.42 Å². The standard InChI is InChI=1S/C17H24N2/c1-3-15-6-8-16(9-7-15)10-11-17(5-4-12-18)13-14(2)19/h3,6-9,12,17-19H,1,4-5,10-11,13H2,2H3. The van der Waals surface area contributed by atoms with E-state index in [0.717, 1.165) is 43.4 Å². The predicted molar refractivity (Wildman–Crippen MR) is 84.4 cm³/mol. The zero-order valence-electron chi connectivity index (χ0n) is 11.8. The molecule has 0 fully saturated rings. The maximum atomic E-state index is 7.63. The normalized spacial score (nSPS) is 11.8. The monoisotopic (exact) mass is 256 g/mol. The number of hydrogen-bond donors (Lipinski definition) is 2.